The van der Waals surface area contributed by atoms with E-state index in [9.17, 15) is 10.1 Å². The van der Waals surface area contributed by atoms with Gasteiger partial charge >= 0.3 is 0 Å². The topological polar surface area (TPSA) is 62.1 Å². The number of para-hydroxylation sites is 1. The molecule has 3 rings (SSSR count). The summed E-state index contributed by atoms with van der Waals surface area (Å²) in [4.78, 5) is 12.5. The Kier molecular flexibility index (Phi) is 7.69. The highest BCUT2D eigenvalue weighted by molar-refractivity contribution is 9.11. The van der Waals surface area contributed by atoms with Gasteiger partial charge in [0, 0.05) is 9.50 Å². The average Bonchev–Trinajstić information content (AvgIpc) is 2.74. The summed E-state index contributed by atoms with van der Waals surface area (Å²) in [6.07, 6.45) is 1.53. The molecule has 1 N–H and O–H groups in total. The molecule has 0 spiro atoms. The van der Waals surface area contributed by atoms with Crippen LogP contribution >= 0.6 is 43.5 Å². The van der Waals surface area contributed by atoms with Crippen molar-refractivity contribution in [2.75, 3.05) is 5.32 Å². The Labute approximate surface area is 196 Å². The lowest BCUT2D eigenvalue weighted by atomic mass is 10.1. The van der Waals surface area contributed by atoms with Crippen molar-refractivity contribution in [1.29, 1.82) is 5.26 Å². The van der Waals surface area contributed by atoms with Crippen LogP contribution in [0, 0.1) is 11.3 Å². The summed E-state index contributed by atoms with van der Waals surface area (Å²) in [7, 11) is 0. The number of ether oxygens (including phenoxy) is 1. The molecule has 0 heterocycles. The van der Waals surface area contributed by atoms with Gasteiger partial charge in [0.05, 0.1) is 10.2 Å². The number of nitrogens with one attached hydrogen (secondary N) is 1. The second-order valence-corrected chi connectivity index (χ2v) is 8.35. The number of amides is 1. The molecule has 4 nitrogen and oxygen atoms in total. The Morgan fingerprint density at radius 2 is 1.80 bits per heavy atom. The zero-order chi connectivity index (χ0) is 21.5. The Morgan fingerprint density at radius 3 is 2.47 bits per heavy atom. The lowest BCUT2D eigenvalue weighted by molar-refractivity contribution is -0.112. The molecule has 0 radical (unpaired) electrons. The van der Waals surface area contributed by atoms with Gasteiger partial charge in [0.2, 0.25) is 0 Å². The van der Waals surface area contributed by atoms with Crippen molar-refractivity contribution in [2.45, 2.75) is 6.61 Å². The maximum absolute atomic E-state index is 12.5. The third-order valence-electron chi connectivity index (χ3n) is 4.06. The van der Waals surface area contributed by atoms with Crippen LogP contribution in [-0.2, 0) is 11.4 Å². The molecule has 1 amide bonds. The molecule has 30 heavy (non-hydrogen) atoms. The second kappa shape index (κ2) is 10.4. The van der Waals surface area contributed by atoms with E-state index in [-0.39, 0.29) is 5.57 Å². The predicted molar refractivity (Wildman–Crippen MR) is 126 cm³/mol. The van der Waals surface area contributed by atoms with Gasteiger partial charge in [0.25, 0.3) is 5.91 Å². The van der Waals surface area contributed by atoms with E-state index < -0.39 is 5.91 Å². The van der Waals surface area contributed by atoms with Crippen molar-refractivity contribution < 1.29 is 9.53 Å². The van der Waals surface area contributed by atoms with Crippen molar-refractivity contribution in [3.63, 3.8) is 0 Å². The molecule has 0 saturated heterocycles. The largest absolute Gasteiger partial charge is 0.488 e. The minimum absolute atomic E-state index is 0.00696. The molecule has 0 aliphatic heterocycles. The van der Waals surface area contributed by atoms with E-state index in [4.69, 9.17) is 16.3 Å². The van der Waals surface area contributed by atoms with Gasteiger partial charge in [-0.2, -0.15) is 5.26 Å². The summed E-state index contributed by atoms with van der Waals surface area (Å²) < 4.78 is 7.28. The van der Waals surface area contributed by atoms with E-state index in [1.165, 1.54) is 6.08 Å². The highest BCUT2D eigenvalue weighted by Gasteiger charge is 2.12. The van der Waals surface area contributed by atoms with E-state index in [1.807, 2.05) is 42.5 Å². The minimum atomic E-state index is -0.483. The average molecular weight is 547 g/mol. The monoisotopic (exact) mass is 544 g/mol. The van der Waals surface area contributed by atoms with Crippen molar-refractivity contribution in [1.82, 2.24) is 0 Å². The van der Waals surface area contributed by atoms with Crippen molar-refractivity contribution in [3.05, 3.63) is 97.4 Å². The van der Waals surface area contributed by atoms with Gasteiger partial charge in [0.1, 0.15) is 24.0 Å². The number of nitrogens with zero attached hydrogens (tertiary/aromatic N) is 1. The molecule has 0 atom stereocenters. The first kappa shape index (κ1) is 22.1. The van der Waals surface area contributed by atoms with Crippen LogP contribution in [0.5, 0.6) is 5.75 Å². The summed E-state index contributed by atoms with van der Waals surface area (Å²) in [5, 5.41) is 12.8. The van der Waals surface area contributed by atoms with Crippen molar-refractivity contribution in [2.24, 2.45) is 0 Å². The zero-order valence-electron chi connectivity index (χ0n) is 15.5. The fourth-order valence-corrected chi connectivity index (χ4v) is 3.55. The lowest BCUT2D eigenvalue weighted by Gasteiger charge is -2.10. The van der Waals surface area contributed by atoms with Gasteiger partial charge in [-0.1, -0.05) is 41.9 Å². The molecule has 0 saturated carbocycles. The summed E-state index contributed by atoms with van der Waals surface area (Å²) in [6, 6.07) is 21.9. The Morgan fingerprint density at radius 1 is 1.07 bits per heavy atom. The number of rotatable bonds is 6. The molecule has 3 aromatic rings. The Hall–Kier alpha value is -2.59. The molecule has 0 aromatic heterocycles. The summed E-state index contributed by atoms with van der Waals surface area (Å²) in [5.74, 6) is 0.168. The zero-order valence-corrected chi connectivity index (χ0v) is 19.5. The van der Waals surface area contributed by atoms with Crippen LogP contribution in [0.25, 0.3) is 6.08 Å². The molecule has 0 aliphatic rings. The highest BCUT2D eigenvalue weighted by atomic mass is 79.9. The fourth-order valence-electron chi connectivity index (χ4n) is 2.53. The number of halogens is 3. The smallest absolute Gasteiger partial charge is 0.266 e. The molecule has 0 bridgehead atoms. The molecular formula is C23H15Br2ClN2O2. The number of nitriles is 1. The quantitative estimate of drug-likeness (QED) is 0.268. The van der Waals surface area contributed by atoms with Crippen LogP contribution in [0.15, 0.2) is 81.2 Å². The van der Waals surface area contributed by atoms with Gasteiger partial charge in [-0.05, 0) is 85.5 Å². The van der Waals surface area contributed by atoms with Crippen LogP contribution in [0.4, 0.5) is 5.69 Å². The molecule has 3 aromatic carbocycles. The van der Waals surface area contributed by atoms with Crippen LogP contribution in [0.2, 0.25) is 5.02 Å². The van der Waals surface area contributed by atoms with E-state index in [0.717, 1.165) is 10.0 Å². The Bertz CT molecular complexity index is 1140. The second-order valence-electron chi connectivity index (χ2n) is 6.21. The molecule has 0 aliphatic carbocycles. The summed E-state index contributed by atoms with van der Waals surface area (Å²) in [5.41, 5.74) is 2.27. The predicted octanol–water partition coefficient (Wildman–Crippen LogP) is 6.99. The van der Waals surface area contributed by atoms with Gasteiger partial charge in [-0.25, -0.2) is 0 Å². The first-order chi connectivity index (χ1) is 14.5. The van der Waals surface area contributed by atoms with E-state index >= 15 is 0 Å². The van der Waals surface area contributed by atoms with Crippen molar-refractivity contribution >= 4 is 61.1 Å². The van der Waals surface area contributed by atoms with E-state index in [1.54, 1.807) is 30.3 Å². The number of hydrogen-bond donors (Lipinski definition) is 1. The number of anilines is 1. The van der Waals surface area contributed by atoms with Crippen molar-refractivity contribution in [3.8, 4) is 11.8 Å². The third kappa shape index (κ3) is 5.96. The third-order valence-corrected chi connectivity index (χ3v) is 5.62. The highest BCUT2D eigenvalue weighted by Crippen LogP contribution is 2.28. The maximum Gasteiger partial charge on any atom is 0.266 e. The number of carbonyl (C=O) groups is 1. The Balaban J connectivity index is 1.71. The molecule has 0 fully saturated rings. The first-order valence-corrected chi connectivity index (χ1v) is 10.8. The van der Waals surface area contributed by atoms with Gasteiger partial charge in [-0.3, -0.25) is 4.79 Å². The van der Waals surface area contributed by atoms with E-state index in [0.29, 0.717) is 33.1 Å². The first-order valence-electron chi connectivity index (χ1n) is 8.81. The summed E-state index contributed by atoms with van der Waals surface area (Å²) >= 11 is 12.7. The van der Waals surface area contributed by atoms with Crippen LogP contribution in [-0.4, -0.2) is 5.91 Å². The standard InChI is InChI=1S/C23H15Br2ClN2O2/c24-19-3-1-2-4-21(19)28-23(29)17(13-27)11-16-7-10-22(20(25)12-16)30-14-15-5-8-18(26)9-6-15/h1-12H,14H2,(H,28,29)/b17-11+. The van der Waals surface area contributed by atoms with Gasteiger partial charge in [-0.15, -0.1) is 0 Å². The molecular weight excluding hydrogens is 532 g/mol. The van der Waals surface area contributed by atoms with Crippen LogP contribution in [0.1, 0.15) is 11.1 Å². The lowest BCUT2D eigenvalue weighted by Crippen LogP contribution is -2.13. The molecule has 0 unspecified atom stereocenters. The number of hydrogen-bond acceptors (Lipinski definition) is 3. The van der Waals surface area contributed by atoms with Gasteiger partial charge in [0.15, 0.2) is 0 Å². The van der Waals surface area contributed by atoms with E-state index in [2.05, 4.69) is 37.2 Å². The fraction of sp³-hybridized carbons (Fsp3) is 0.0435. The van der Waals surface area contributed by atoms with Crippen LogP contribution < -0.4 is 10.1 Å². The molecule has 7 heteroatoms. The number of benzene rings is 3. The number of carbonyl (C=O) groups excluding carboxylic acids is 1. The normalized spacial score (nSPS) is 10.9. The van der Waals surface area contributed by atoms with Crippen LogP contribution in [0.3, 0.4) is 0 Å². The summed E-state index contributed by atoms with van der Waals surface area (Å²) in [6.45, 7) is 0.392. The SMILES string of the molecule is N#C/C(=C\c1ccc(OCc2ccc(Cl)cc2)c(Br)c1)C(=O)Nc1ccccc1Br. The van der Waals surface area contributed by atoms with Gasteiger partial charge < -0.3 is 10.1 Å². The maximum atomic E-state index is 12.5. The molecule has 150 valence electrons. The minimum Gasteiger partial charge on any atom is -0.488 e.